The maximum atomic E-state index is 12.4. The van der Waals surface area contributed by atoms with Crippen LogP contribution in [-0.2, 0) is 9.53 Å². The molecule has 0 bridgehead atoms. The van der Waals surface area contributed by atoms with Crippen molar-refractivity contribution >= 4 is 53.0 Å². The van der Waals surface area contributed by atoms with Crippen molar-refractivity contribution in [3.8, 4) is 11.5 Å². The summed E-state index contributed by atoms with van der Waals surface area (Å²) in [6.45, 7) is 3.55. The molecule has 2 aromatic rings. The molecular weight excluding hydrogens is 547 g/mol. The summed E-state index contributed by atoms with van der Waals surface area (Å²) in [5, 5.41) is 20.4. The molecule has 1 heterocycles. The number of aliphatic hydroxyl groups is 1. The minimum atomic E-state index is -1.18. The molecule has 1 aliphatic rings. The van der Waals surface area contributed by atoms with Crippen molar-refractivity contribution in [1.29, 1.82) is 0 Å². The number of ether oxygens (including phenoxy) is 3. The molecule has 13 heteroatoms. The molecule has 0 saturated heterocycles. The third kappa shape index (κ3) is 7.20. The van der Waals surface area contributed by atoms with Crippen molar-refractivity contribution < 1.29 is 28.9 Å². The SMILES string of the molecule is CCOc1cc([C@H]2NC(=O)NC(C)=C2C(=O)OC)ccc1OC[C@@H](O)N/N=C\c1cc(Cl)cc(Cl)c1Cl. The normalized spacial score (nSPS) is 16.2. The Hall–Kier alpha value is -3.18. The predicted molar refractivity (Wildman–Crippen MR) is 140 cm³/mol. The number of urea groups is 1. The molecule has 3 rings (SSSR count). The quantitative estimate of drug-likeness (QED) is 0.111. The van der Waals surface area contributed by atoms with Gasteiger partial charge in [0.25, 0.3) is 0 Å². The Morgan fingerprint density at radius 3 is 2.68 bits per heavy atom. The van der Waals surface area contributed by atoms with Gasteiger partial charge in [-0.3, -0.25) is 5.43 Å². The number of aliphatic hydroxyl groups excluding tert-OH is 1. The first kappa shape index (κ1) is 28.4. The van der Waals surface area contributed by atoms with Gasteiger partial charge in [0.15, 0.2) is 17.7 Å². The van der Waals surface area contributed by atoms with Gasteiger partial charge in [-0.2, -0.15) is 5.10 Å². The van der Waals surface area contributed by atoms with Crippen LogP contribution in [0.1, 0.15) is 31.0 Å². The highest BCUT2D eigenvalue weighted by Gasteiger charge is 2.32. The minimum Gasteiger partial charge on any atom is -0.490 e. The number of rotatable bonds is 10. The third-order valence-electron chi connectivity index (χ3n) is 5.12. The zero-order valence-corrected chi connectivity index (χ0v) is 22.4. The van der Waals surface area contributed by atoms with Crippen LogP contribution in [0.5, 0.6) is 11.5 Å². The highest BCUT2D eigenvalue weighted by atomic mass is 35.5. The lowest BCUT2D eigenvalue weighted by atomic mass is 9.95. The van der Waals surface area contributed by atoms with Gasteiger partial charge in [-0.15, -0.1) is 0 Å². The molecule has 0 aliphatic carbocycles. The lowest BCUT2D eigenvalue weighted by Gasteiger charge is -2.28. The number of amides is 2. The van der Waals surface area contributed by atoms with Gasteiger partial charge in [-0.25, -0.2) is 9.59 Å². The first-order valence-corrected chi connectivity index (χ1v) is 12.1. The van der Waals surface area contributed by atoms with E-state index in [0.29, 0.717) is 40.0 Å². The number of hydrazone groups is 1. The predicted octanol–water partition coefficient (Wildman–Crippen LogP) is 4.17. The van der Waals surface area contributed by atoms with E-state index in [1.807, 2.05) is 0 Å². The summed E-state index contributed by atoms with van der Waals surface area (Å²) in [6, 6.07) is 6.80. The van der Waals surface area contributed by atoms with E-state index < -0.39 is 24.3 Å². The molecule has 0 fully saturated rings. The summed E-state index contributed by atoms with van der Waals surface area (Å²) < 4.78 is 16.3. The molecule has 4 N–H and O–H groups in total. The smallest absolute Gasteiger partial charge is 0.337 e. The molecular formula is C24H25Cl3N4O6. The van der Waals surface area contributed by atoms with E-state index in [9.17, 15) is 14.7 Å². The Kier molecular flexibility index (Phi) is 9.87. The van der Waals surface area contributed by atoms with E-state index in [1.165, 1.54) is 19.4 Å². The van der Waals surface area contributed by atoms with E-state index in [1.54, 1.807) is 38.1 Å². The minimum absolute atomic E-state index is 0.183. The standard InChI is InChI=1S/C24H25Cl3N4O6/c1-4-36-18-8-13(22-20(23(33)35-3)12(2)29-24(34)30-22)5-6-17(18)37-11-19(32)31-28-10-14-7-15(25)9-16(26)21(14)27/h5-10,19,22,31-32H,4,11H2,1-3H3,(H2,29,30,34)/b28-10-/t19-,22-/m1/s1. The number of esters is 1. The lowest BCUT2D eigenvalue weighted by Crippen LogP contribution is -2.45. The number of carbonyl (C=O) groups is 2. The van der Waals surface area contributed by atoms with Crippen molar-refractivity contribution in [1.82, 2.24) is 16.1 Å². The summed E-state index contributed by atoms with van der Waals surface area (Å²) in [5.74, 6) is 0.107. The summed E-state index contributed by atoms with van der Waals surface area (Å²) in [4.78, 5) is 24.4. The van der Waals surface area contributed by atoms with Crippen molar-refractivity contribution in [3.05, 3.63) is 67.8 Å². The summed E-state index contributed by atoms with van der Waals surface area (Å²) in [7, 11) is 1.26. The van der Waals surface area contributed by atoms with Gasteiger partial charge in [-0.05, 0) is 43.7 Å². The van der Waals surface area contributed by atoms with Crippen molar-refractivity contribution in [2.24, 2.45) is 5.10 Å². The number of methoxy groups -OCH3 is 1. The molecule has 2 atom stereocenters. The fourth-order valence-electron chi connectivity index (χ4n) is 3.48. The van der Waals surface area contributed by atoms with Gasteiger partial charge >= 0.3 is 12.0 Å². The van der Waals surface area contributed by atoms with Crippen LogP contribution in [0.3, 0.4) is 0 Å². The lowest BCUT2D eigenvalue weighted by molar-refractivity contribution is -0.136. The van der Waals surface area contributed by atoms with E-state index in [2.05, 4.69) is 21.2 Å². The number of halogens is 3. The van der Waals surface area contributed by atoms with Gasteiger partial charge in [0, 0.05) is 16.3 Å². The average molecular weight is 572 g/mol. The van der Waals surface area contributed by atoms with Gasteiger partial charge < -0.3 is 30.0 Å². The van der Waals surface area contributed by atoms with Gasteiger partial charge in [0.1, 0.15) is 6.61 Å². The zero-order valence-electron chi connectivity index (χ0n) is 20.1. The molecule has 0 aromatic heterocycles. The van der Waals surface area contributed by atoms with Gasteiger partial charge in [-0.1, -0.05) is 40.9 Å². The number of allylic oxidation sites excluding steroid dienone is 1. The van der Waals surface area contributed by atoms with E-state index >= 15 is 0 Å². The molecule has 37 heavy (non-hydrogen) atoms. The van der Waals surface area contributed by atoms with Gasteiger partial charge in [0.2, 0.25) is 0 Å². The number of benzene rings is 2. The fourth-order valence-corrected chi connectivity index (χ4v) is 4.15. The van der Waals surface area contributed by atoms with Crippen LogP contribution in [0.2, 0.25) is 15.1 Å². The van der Waals surface area contributed by atoms with Crippen LogP contribution in [0.4, 0.5) is 4.79 Å². The van der Waals surface area contributed by atoms with E-state index in [-0.39, 0.29) is 22.2 Å². The van der Waals surface area contributed by atoms with E-state index in [4.69, 9.17) is 49.0 Å². The van der Waals surface area contributed by atoms with Crippen LogP contribution >= 0.6 is 34.8 Å². The Balaban J connectivity index is 1.72. The van der Waals surface area contributed by atoms with Gasteiger partial charge in [0.05, 0.1) is 41.6 Å². The summed E-state index contributed by atoms with van der Waals surface area (Å²) in [5.41, 5.74) is 4.21. The van der Waals surface area contributed by atoms with Crippen molar-refractivity contribution in [2.75, 3.05) is 20.3 Å². The second-order valence-electron chi connectivity index (χ2n) is 7.71. The second kappa shape index (κ2) is 12.9. The number of nitrogens with one attached hydrogen (secondary N) is 3. The first-order chi connectivity index (χ1) is 17.6. The van der Waals surface area contributed by atoms with Crippen LogP contribution in [0.25, 0.3) is 0 Å². The molecule has 2 amide bonds. The highest BCUT2D eigenvalue weighted by molar-refractivity contribution is 6.44. The summed E-state index contributed by atoms with van der Waals surface area (Å²) in [6.07, 6.45) is 0.185. The van der Waals surface area contributed by atoms with Crippen LogP contribution < -0.4 is 25.5 Å². The molecule has 0 spiro atoms. The summed E-state index contributed by atoms with van der Waals surface area (Å²) >= 11 is 18.1. The van der Waals surface area contributed by atoms with Crippen LogP contribution in [-0.4, -0.2) is 49.9 Å². The molecule has 198 valence electrons. The van der Waals surface area contributed by atoms with Crippen LogP contribution in [0.15, 0.2) is 46.7 Å². The Labute approximate surface area is 228 Å². The Bertz CT molecular complexity index is 1240. The maximum Gasteiger partial charge on any atom is 0.337 e. The average Bonchev–Trinajstić information content (AvgIpc) is 2.85. The highest BCUT2D eigenvalue weighted by Crippen LogP contribution is 2.35. The van der Waals surface area contributed by atoms with Crippen molar-refractivity contribution in [2.45, 2.75) is 26.1 Å². The largest absolute Gasteiger partial charge is 0.490 e. The number of carbonyl (C=O) groups excluding carboxylic acids is 2. The fraction of sp³-hybridized carbons (Fsp3) is 0.292. The van der Waals surface area contributed by atoms with Crippen molar-refractivity contribution in [3.63, 3.8) is 0 Å². The van der Waals surface area contributed by atoms with Crippen LogP contribution in [0, 0.1) is 0 Å². The number of hydrogen-bond acceptors (Lipinski definition) is 8. The topological polar surface area (TPSA) is 131 Å². The number of nitrogens with zero attached hydrogens (tertiary/aromatic N) is 1. The molecule has 0 saturated carbocycles. The monoisotopic (exact) mass is 570 g/mol. The second-order valence-corrected chi connectivity index (χ2v) is 8.93. The van der Waals surface area contributed by atoms with E-state index in [0.717, 1.165) is 0 Å². The number of hydrogen-bond donors (Lipinski definition) is 4. The molecule has 2 aromatic carbocycles. The molecule has 0 radical (unpaired) electrons. The molecule has 1 aliphatic heterocycles. The molecule has 10 nitrogen and oxygen atoms in total. The zero-order chi connectivity index (χ0) is 27.1. The maximum absolute atomic E-state index is 12.4. The Morgan fingerprint density at radius 2 is 1.97 bits per heavy atom. The Morgan fingerprint density at radius 1 is 1.22 bits per heavy atom. The molecule has 0 unspecified atom stereocenters. The first-order valence-electron chi connectivity index (χ1n) is 11.0. The third-order valence-corrected chi connectivity index (χ3v) is 6.16.